The number of alkyl halides is 3. The fraction of sp³-hybridized carbons (Fsp3) is 0.375. The second-order valence-electron chi connectivity index (χ2n) is 8.07. The number of rotatable bonds is 8. The molecule has 0 spiro atoms. The van der Waals surface area contributed by atoms with Crippen LogP contribution in [0.15, 0.2) is 61.1 Å². The summed E-state index contributed by atoms with van der Waals surface area (Å²) in [5.41, 5.74) is 2.69. The van der Waals surface area contributed by atoms with E-state index in [-0.39, 0.29) is 12.5 Å². The van der Waals surface area contributed by atoms with Crippen molar-refractivity contribution in [2.75, 3.05) is 45.9 Å². The van der Waals surface area contributed by atoms with Gasteiger partial charge in [-0.2, -0.15) is 18.3 Å². The van der Waals surface area contributed by atoms with E-state index in [1.807, 2.05) is 42.5 Å². The third kappa shape index (κ3) is 6.21. The number of carbonyl (C=O) groups excluding carboxylic acids is 1. The van der Waals surface area contributed by atoms with Gasteiger partial charge in [-0.25, -0.2) is 4.68 Å². The summed E-state index contributed by atoms with van der Waals surface area (Å²) >= 11 is 0. The Balaban J connectivity index is 1.40. The summed E-state index contributed by atoms with van der Waals surface area (Å²) in [6.45, 7) is 1.85. The monoisotopic (exact) mass is 473 g/mol. The molecule has 4 rings (SSSR count). The zero-order valence-electron chi connectivity index (χ0n) is 18.6. The Morgan fingerprint density at radius 1 is 1.03 bits per heavy atom. The third-order valence-electron chi connectivity index (χ3n) is 5.59. The fourth-order valence-corrected chi connectivity index (χ4v) is 3.88. The van der Waals surface area contributed by atoms with Crippen molar-refractivity contribution in [2.24, 2.45) is 0 Å². The highest BCUT2D eigenvalue weighted by molar-refractivity contribution is 6.00. The normalized spacial score (nSPS) is 15.0. The second kappa shape index (κ2) is 10.8. The molecule has 34 heavy (non-hydrogen) atoms. The van der Waals surface area contributed by atoms with Gasteiger partial charge in [0.15, 0.2) is 0 Å². The van der Waals surface area contributed by atoms with Gasteiger partial charge < -0.3 is 9.64 Å². The molecule has 1 aliphatic heterocycles. The molecule has 1 aliphatic rings. The fourth-order valence-electron chi connectivity index (χ4n) is 3.88. The first-order valence-electron chi connectivity index (χ1n) is 11.1. The molecule has 0 N–H and O–H groups in total. The van der Waals surface area contributed by atoms with E-state index < -0.39 is 12.8 Å². The van der Waals surface area contributed by atoms with Crippen molar-refractivity contribution in [1.29, 1.82) is 0 Å². The van der Waals surface area contributed by atoms with Crippen LogP contribution in [-0.4, -0.2) is 82.6 Å². The number of carbonyl (C=O) groups is 1. The van der Waals surface area contributed by atoms with E-state index in [1.165, 1.54) is 0 Å². The molecule has 1 fully saturated rings. The van der Waals surface area contributed by atoms with E-state index in [2.05, 4.69) is 19.7 Å². The van der Waals surface area contributed by atoms with Crippen molar-refractivity contribution < 1.29 is 22.7 Å². The van der Waals surface area contributed by atoms with Gasteiger partial charge in [-0.15, -0.1) is 0 Å². The highest BCUT2D eigenvalue weighted by atomic mass is 19.4. The molecular weight excluding hydrogens is 447 g/mol. The van der Waals surface area contributed by atoms with E-state index in [0.29, 0.717) is 50.4 Å². The summed E-state index contributed by atoms with van der Waals surface area (Å²) in [4.78, 5) is 21.5. The lowest BCUT2D eigenvalue weighted by Gasteiger charge is -2.34. The SMILES string of the molecule is O=C(c1cn(-c2ccccc2)nc1-c1cccnc1)N1CCN(CCCOCC(F)(F)F)CC1. The van der Waals surface area contributed by atoms with Gasteiger partial charge in [-0.1, -0.05) is 18.2 Å². The first-order chi connectivity index (χ1) is 16.4. The molecule has 1 saturated heterocycles. The number of pyridine rings is 1. The highest BCUT2D eigenvalue weighted by Crippen LogP contribution is 2.25. The van der Waals surface area contributed by atoms with Gasteiger partial charge in [0, 0.05) is 63.5 Å². The average Bonchev–Trinajstić information content (AvgIpc) is 3.30. The molecule has 180 valence electrons. The highest BCUT2D eigenvalue weighted by Gasteiger charge is 2.28. The Labute approximate surface area is 195 Å². The Morgan fingerprint density at radius 2 is 1.79 bits per heavy atom. The minimum atomic E-state index is -4.30. The van der Waals surface area contributed by atoms with Gasteiger partial charge in [0.25, 0.3) is 5.91 Å². The smallest absolute Gasteiger partial charge is 0.372 e. The summed E-state index contributed by atoms with van der Waals surface area (Å²) in [7, 11) is 0. The maximum absolute atomic E-state index is 13.4. The number of benzene rings is 1. The van der Waals surface area contributed by atoms with Gasteiger partial charge in [-0.05, 0) is 30.7 Å². The zero-order valence-corrected chi connectivity index (χ0v) is 18.6. The first-order valence-corrected chi connectivity index (χ1v) is 11.1. The summed E-state index contributed by atoms with van der Waals surface area (Å²) in [5.74, 6) is -0.103. The van der Waals surface area contributed by atoms with Crippen LogP contribution >= 0.6 is 0 Å². The summed E-state index contributed by atoms with van der Waals surface area (Å²) in [6.07, 6.45) is 1.33. The van der Waals surface area contributed by atoms with Crippen LogP contribution in [0, 0.1) is 0 Å². The Morgan fingerprint density at radius 3 is 2.47 bits per heavy atom. The maximum Gasteiger partial charge on any atom is 0.411 e. The number of amides is 1. The zero-order chi connectivity index (χ0) is 24.0. The van der Waals surface area contributed by atoms with Gasteiger partial charge in [-0.3, -0.25) is 14.7 Å². The summed E-state index contributed by atoms with van der Waals surface area (Å²) < 4.78 is 42.8. The third-order valence-corrected chi connectivity index (χ3v) is 5.59. The van der Waals surface area contributed by atoms with Gasteiger partial charge >= 0.3 is 6.18 Å². The largest absolute Gasteiger partial charge is 0.411 e. The number of hydrogen-bond donors (Lipinski definition) is 0. The van der Waals surface area contributed by atoms with Crippen LogP contribution in [0.2, 0.25) is 0 Å². The standard InChI is InChI=1S/C24H26F3N5O2/c25-24(26,27)18-34-15-5-10-30-11-13-31(14-12-30)23(33)21-17-32(20-7-2-1-3-8-20)29-22(21)19-6-4-9-28-16-19/h1-4,6-9,16-17H,5,10-15,18H2. The van der Waals surface area contributed by atoms with Gasteiger partial charge in [0.1, 0.15) is 12.3 Å². The lowest BCUT2D eigenvalue weighted by atomic mass is 10.1. The molecule has 0 aliphatic carbocycles. The number of halogens is 3. The molecule has 0 bridgehead atoms. The number of nitrogens with zero attached hydrogens (tertiary/aromatic N) is 5. The molecule has 7 nitrogen and oxygen atoms in total. The van der Waals surface area contributed by atoms with E-state index >= 15 is 0 Å². The van der Waals surface area contributed by atoms with Gasteiger partial charge in [0.2, 0.25) is 0 Å². The molecule has 2 aromatic heterocycles. The van der Waals surface area contributed by atoms with E-state index in [1.54, 1.807) is 28.2 Å². The average molecular weight is 473 g/mol. The van der Waals surface area contributed by atoms with Crippen molar-refractivity contribution in [2.45, 2.75) is 12.6 Å². The van der Waals surface area contributed by atoms with E-state index in [0.717, 1.165) is 11.3 Å². The van der Waals surface area contributed by atoms with Crippen LogP contribution in [0.3, 0.4) is 0 Å². The van der Waals surface area contributed by atoms with E-state index in [9.17, 15) is 18.0 Å². The molecule has 0 radical (unpaired) electrons. The molecular formula is C24H26F3N5O2. The predicted octanol–water partition coefficient (Wildman–Crippen LogP) is 3.66. The van der Waals surface area contributed by atoms with Crippen molar-refractivity contribution >= 4 is 5.91 Å². The number of ether oxygens (including phenoxy) is 1. The molecule has 3 heterocycles. The first kappa shape index (κ1) is 23.9. The van der Waals surface area contributed by atoms with E-state index in [4.69, 9.17) is 0 Å². The Kier molecular flexibility index (Phi) is 7.59. The van der Waals surface area contributed by atoms with Crippen molar-refractivity contribution in [3.05, 3.63) is 66.6 Å². The number of hydrogen-bond acceptors (Lipinski definition) is 5. The molecule has 1 aromatic carbocycles. The molecule has 3 aromatic rings. The number of aromatic nitrogens is 3. The van der Waals surface area contributed by atoms with Crippen LogP contribution in [0.25, 0.3) is 16.9 Å². The lowest BCUT2D eigenvalue weighted by molar-refractivity contribution is -0.174. The quantitative estimate of drug-likeness (QED) is 0.468. The maximum atomic E-state index is 13.4. The van der Waals surface area contributed by atoms with Crippen molar-refractivity contribution in [1.82, 2.24) is 24.6 Å². The van der Waals surface area contributed by atoms with Crippen LogP contribution < -0.4 is 0 Å². The summed E-state index contributed by atoms with van der Waals surface area (Å²) in [5, 5.41) is 4.68. The number of piperazine rings is 1. The molecule has 0 saturated carbocycles. The van der Waals surface area contributed by atoms with Crippen molar-refractivity contribution in [3.63, 3.8) is 0 Å². The summed E-state index contributed by atoms with van der Waals surface area (Å²) in [6, 6.07) is 13.3. The topological polar surface area (TPSA) is 63.5 Å². The lowest BCUT2D eigenvalue weighted by Crippen LogP contribution is -2.49. The Hall–Kier alpha value is -3.24. The second-order valence-corrected chi connectivity index (χ2v) is 8.07. The molecule has 10 heteroatoms. The molecule has 1 amide bonds. The van der Waals surface area contributed by atoms with Crippen LogP contribution in [0.5, 0.6) is 0 Å². The minimum Gasteiger partial charge on any atom is -0.372 e. The van der Waals surface area contributed by atoms with Crippen LogP contribution in [0.4, 0.5) is 13.2 Å². The van der Waals surface area contributed by atoms with Gasteiger partial charge in [0.05, 0.1) is 11.3 Å². The predicted molar refractivity (Wildman–Crippen MR) is 121 cm³/mol. The van der Waals surface area contributed by atoms with Crippen molar-refractivity contribution in [3.8, 4) is 16.9 Å². The minimum absolute atomic E-state index is 0.0613. The molecule has 0 unspecified atom stereocenters. The Bertz CT molecular complexity index is 1070. The number of para-hydroxylation sites is 1. The van der Waals surface area contributed by atoms with Crippen LogP contribution in [0.1, 0.15) is 16.8 Å². The van der Waals surface area contributed by atoms with Crippen LogP contribution in [-0.2, 0) is 4.74 Å². The molecule has 0 atom stereocenters.